The highest BCUT2D eigenvalue weighted by Gasteiger charge is 2.25. The Hall–Kier alpha value is -0.800. The molecule has 0 atom stereocenters. The molecule has 1 heterocycles. The van der Waals surface area contributed by atoms with Crippen LogP contribution in [-0.2, 0) is 0 Å². The number of likely N-dealkylation sites (tertiary alicyclic amines) is 1. The van der Waals surface area contributed by atoms with Crippen molar-refractivity contribution in [3.8, 4) is 5.75 Å². The summed E-state index contributed by atoms with van der Waals surface area (Å²) in [4.78, 5) is 2.60. The first-order valence-electron chi connectivity index (χ1n) is 8.05. The van der Waals surface area contributed by atoms with Gasteiger partial charge in [-0.25, -0.2) is 0 Å². The van der Waals surface area contributed by atoms with Crippen LogP contribution in [0, 0.1) is 0 Å². The van der Waals surface area contributed by atoms with E-state index < -0.39 is 0 Å². The standard InChI is InChI=1S/C18H24BrNO/c1-14-16-7-6-15(21-11-5-8-19)12-17(16)18(14)13-20-9-3-2-4-10-20/h6-7,12H,2-5,8-11,13H2,1H3. The molecule has 1 fully saturated rings. The predicted octanol–water partition coefficient (Wildman–Crippen LogP) is 4.58. The molecule has 3 heteroatoms. The third-order valence-corrected chi connectivity index (χ3v) is 5.11. The van der Waals surface area contributed by atoms with Gasteiger partial charge in [0, 0.05) is 11.9 Å². The van der Waals surface area contributed by atoms with Gasteiger partial charge in [-0.3, -0.25) is 4.90 Å². The molecule has 1 aliphatic heterocycles. The van der Waals surface area contributed by atoms with E-state index in [1.54, 1.807) is 0 Å². The fourth-order valence-corrected chi connectivity index (χ4v) is 3.51. The van der Waals surface area contributed by atoms with Gasteiger partial charge in [0.05, 0.1) is 6.61 Å². The quantitative estimate of drug-likeness (QED) is 0.550. The molecule has 0 aromatic heterocycles. The molecule has 1 aromatic carbocycles. The van der Waals surface area contributed by atoms with Crippen LogP contribution in [0.15, 0.2) is 18.2 Å². The number of benzene rings is 1. The zero-order chi connectivity index (χ0) is 14.7. The summed E-state index contributed by atoms with van der Waals surface area (Å²) in [5.41, 5.74) is 5.82. The third kappa shape index (κ3) is 3.35. The van der Waals surface area contributed by atoms with Gasteiger partial charge in [0.25, 0.3) is 0 Å². The Labute approximate surface area is 136 Å². The number of allylic oxidation sites excluding steroid dienone is 1. The lowest BCUT2D eigenvalue weighted by Crippen LogP contribution is -2.32. The van der Waals surface area contributed by atoms with Crippen LogP contribution in [-0.4, -0.2) is 36.5 Å². The van der Waals surface area contributed by atoms with Gasteiger partial charge >= 0.3 is 0 Å². The van der Waals surface area contributed by atoms with Gasteiger partial charge in [-0.15, -0.1) is 0 Å². The number of hydrogen-bond donors (Lipinski definition) is 0. The fraction of sp³-hybridized carbons (Fsp3) is 0.556. The molecule has 0 spiro atoms. The average molecular weight is 350 g/mol. The van der Waals surface area contributed by atoms with Crippen molar-refractivity contribution in [2.24, 2.45) is 0 Å². The Bertz CT molecular complexity index is 532. The molecule has 2 nitrogen and oxygen atoms in total. The molecule has 21 heavy (non-hydrogen) atoms. The minimum Gasteiger partial charge on any atom is -0.494 e. The second-order valence-electron chi connectivity index (χ2n) is 6.04. The summed E-state index contributed by atoms with van der Waals surface area (Å²) in [6, 6.07) is 6.55. The van der Waals surface area contributed by atoms with Crippen LogP contribution in [0.25, 0.3) is 11.1 Å². The molecule has 1 aliphatic carbocycles. The topological polar surface area (TPSA) is 12.5 Å². The van der Waals surface area contributed by atoms with E-state index in [2.05, 4.69) is 46.0 Å². The number of alkyl halides is 1. The molecule has 0 radical (unpaired) electrons. The molecule has 3 rings (SSSR count). The highest BCUT2D eigenvalue weighted by molar-refractivity contribution is 9.09. The van der Waals surface area contributed by atoms with Crippen molar-refractivity contribution < 1.29 is 4.74 Å². The van der Waals surface area contributed by atoms with Crippen LogP contribution in [0.3, 0.4) is 0 Å². The minimum absolute atomic E-state index is 0.786. The summed E-state index contributed by atoms with van der Waals surface area (Å²) in [5.74, 6) is 1.01. The van der Waals surface area contributed by atoms with Crippen LogP contribution < -0.4 is 4.74 Å². The molecular weight excluding hydrogens is 326 g/mol. The summed E-state index contributed by atoms with van der Waals surface area (Å²) < 4.78 is 5.82. The van der Waals surface area contributed by atoms with E-state index in [1.807, 2.05) is 0 Å². The normalized spacial score (nSPS) is 18.4. The lowest BCUT2D eigenvalue weighted by atomic mass is 9.81. The van der Waals surface area contributed by atoms with Crippen molar-refractivity contribution in [2.45, 2.75) is 32.6 Å². The van der Waals surface area contributed by atoms with Crippen LogP contribution in [0.2, 0.25) is 0 Å². The van der Waals surface area contributed by atoms with Crippen LogP contribution in [0.5, 0.6) is 5.75 Å². The zero-order valence-corrected chi connectivity index (χ0v) is 14.4. The number of fused-ring (bicyclic) bond motifs is 1. The van der Waals surface area contributed by atoms with E-state index in [0.29, 0.717) is 0 Å². The molecule has 1 aromatic rings. The highest BCUT2D eigenvalue weighted by atomic mass is 79.9. The number of piperidine rings is 1. The first kappa shape index (κ1) is 15.1. The second-order valence-corrected chi connectivity index (χ2v) is 6.83. The maximum absolute atomic E-state index is 5.82. The molecule has 2 aliphatic rings. The summed E-state index contributed by atoms with van der Waals surface area (Å²) >= 11 is 3.44. The molecule has 0 unspecified atom stereocenters. The largest absolute Gasteiger partial charge is 0.494 e. The molecule has 1 saturated heterocycles. The first-order valence-corrected chi connectivity index (χ1v) is 9.17. The predicted molar refractivity (Wildman–Crippen MR) is 93.1 cm³/mol. The molecule has 0 saturated carbocycles. The molecule has 114 valence electrons. The lowest BCUT2D eigenvalue weighted by Gasteiger charge is -2.33. The Morgan fingerprint density at radius 3 is 2.71 bits per heavy atom. The van der Waals surface area contributed by atoms with Gasteiger partial charge in [0.15, 0.2) is 0 Å². The number of nitrogens with zero attached hydrogens (tertiary/aromatic N) is 1. The Kier molecular flexibility index (Phi) is 5.02. The summed E-state index contributed by atoms with van der Waals surface area (Å²) in [6.45, 7) is 6.67. The maximum atomic E-state index is 5.82. The van der Waals surface area contributed by atoms with Crippen molar-refractivity contribution >= 4 is 27.1 Å². The Morgan fingerprint density at radius 1 is 1.14 bits per heavy atom. The van der Waals surface area contributed by atoms with Gasteiger partial charge < -0.3 is 4.74 Å². The van der Waals surface area contributed by atoms with E-state index in [0.717, 1.165) is 30.7 Å². The number of ether oxygens (including phenoxy) is 1. The number of rotatable bonds is 6. The summed E-state index contributed by atoms with van der Waals surface area (Å²) in [7, 11) is 0. The maximum Gasteiger partial charge on any atom is 0.119 e. The molecular formula is C18H24BrNO. The fourth-order valence-electron chi connectivity index (χ4n) is 3.28. The summed E-state index contributed by atoms with van der Waals surface area (Å²) in [6.07, 6.45) is 5.16. The van der Waals surface area contributed by atoms with Crippen molar-refractivity contribution in [2.75, 3.05) is 31.6 Å². The van der Waals surface area contributed by atoms with E-state index in [1.165, 1.54) is 54.6 Å². The minimum atomic E-state index is 0.786. The average Bonchev–Trinajstić information content (AvgIpc) is 2.53. The number of halogens is 1. The molecule has 0 N–H and O–H groups in total. The third-order valence-electron chi connectivity index (χ3n) is 4.55. The zero-order valence-electron chi connectivity index (χ0n) is 12.8. The van der Waals surface area contributed by atoms with Crippen molar-refractivity contribution in [3.05, 3.63) is 29.3 Å². The Balaban J connectivity index is 1.66. The van der Waals surface area contributed by atoms with Gasteiger partial charge in [-0.2, -0.15) is 0 Å². The molecule has 0 amide bonds. The van der Waals surface area contributed by atoms with Gasteiger partial charge in [0.1, 0.15) is 5.75 Å². The molecule has 0 bridgehead atoms. The van der Waals surface area contributed by atoms with Crippen LogP contribution >= 0.6 is 15.9 Å². The summed E-state index contributed by atoms with van der Waals surface area (Å²) in [5, 5.41) is 0.997. The lowest BCUT2D eigenvalue weighted by molar-refractivity contribution is 0.255. The van der Waals surface area contributed by atoms with Crippen molar-refractivity contribution in [3.63, 3.8) is 0 Å². The van der Waals surface area contributed by atoms with Crippen LogP contribution in [0.1, 0.15) is 43.7 Å². The van der Waals surface area contributed by atoms with E-state index in [4.69, 9.17) is 4.74 Å². The van der Waals surface area contributed by atoms with Crippen molar-refractivity contribution in [1.29, 1.82) is 0 Å². The van der Waals surface area contributed by atoms with Gasteiger partial charge in [0.2, 0.25) is 0 Å². The van der Waals surface area contributed by atoms with Crippen LogP contribution in [0.4, 0.5) is 0 Å². The Morgan fingerprint density at radius 2 is 1.95 bits per heavy atom. The van der Waals surface area contributed by atoms with E-state index >= 15 is 0 Å². The van der Waals surface area contributed by atoms with Crippen molar-refractivity contribution in [1.82, 2.24) is 4.90 Å². The smallest absolute Gasteiger partial charge is 0.119 e. The number of hydrogen-bond acceptors (Lipinski definition) is 2. The monoisotopic (exact) mass is 349 g/mol. The SMILES string of the molecule is CC1=C(CN2CCCCC2)c2cc(OCCCBr)ccc21. The highest BCUT2D eigenvalue weighted by Crippen LogP contribution is 2.42. The van der Waals surface area contributed by atoms with E-state index in [-0.39, 0.29) is 0 Å². The van der Waals surface area contributed by atoms with E-state index in [9.17, 15) is 0 Å². The second kappa shape index (κ2) is 6.97. The van der Waals surface area contributed by atoms with Gasteiger partial charge in [-0.05, 0) is 73.7 Å². The first-order chi connectivity index (χ1) is 10.3. The van der Waals surface area contributed by atoms with Gasteiger partial charge in [-0.1, -0.05) is 28.4 Å².